The summed E-state index contributed by atoms with van der Waals surface area (Å²) in [5.41, 5.74) is 0.734. The molecule has 0 atom stereocenters. The van der Waals surface area contributed by atoms with E-state index in [4.69, 9.17) is 0 Å². The van der Waals surface area contributed by atoms with E-state index in [1.807, 2.05) is 0 Å². The van der Waals surface area contributed by atoms with Crippen molar-refractivity contribution in [3.63, 3.8) is 0 Å². The molecule has 1 saturated carbocycles. The first kappa shape index (κ1) is 12.9. The van der Waals surface area contributed by atoms with Crippen LogP contribution >= 0.6 is 11.8 Å². The van der Waals surface area contributed by atoms with Crippen LogP contribution in [0.15, 0.2) is 29.4 Å². The molecule has 1 amide bonds. The summed E-state index contributed by atoms with van der Waals surface area (Å²) in [7, 11) is 0. The topological polar surface area (TPSA) is 92.9 Å². The number of rotatable bonds is 5. The minimum atomic E-state index is -0.00208. The van der Waals surface area contributed by atoms with Gasteiger partial charge in [-0.2, -0.15) is 4.68 Å². The van der Waals surface area contributed by atoms with E-state index in [1.54, 1.807) is 24.3 Å². The fourth-order valence-electron chi connectivity index (χ4n) is 1.65. The molecule has 1 aliphatic rings. The number of carbonyl (C=O) groups is 1. The van der Waals surface area contributed by atoms with E-state index >= 15 is 0 Å². The Morgan fingerprint density at radius 2 is 2.15 bits per heavy atom. The molecular formula is C12H13N5O2S. The summed E-state index contributed by atoms with van der Waals surface area (Å²) >= 11 is 1.28. The van der Waals surface area contributed by atoms with E-state index in [2.05, 4.69) is 20.8 Å². The average molecular weight is 291 g/mol. The Morgan fingerprint density at radius 3 is 2.85 bits per heavy atom. The second-order valence-corrected chi connectivity index (χ2v) is 5.46. The maximum atomic E-state index is 11.6. The van der Waals surface area contributed by atoms with Crippen LogP contribution in [0.2, 0.25) is 0 Å². The Labute approximate surface area is 119 Å². The summed E-state index contributed by atoms with van der Waals surface area (Å²) in [5, 5.41) is 24.1. The SMILES string of the molecule is O=C(CSc1nnnn1-c1ccc(O)cc1)NC1CC1. The van der Waals surface area contributed by atoms with Gasteiger partial charge in [-0.25, -0.2) is 0 Å². The van der Waals surface area contributed by atoms with Crippen molar-refractivity contribution in [2.24, 2.45) is 0 Å². The molecule has 1 aliphatic carbocycles. The highest BCUT2D eigenvalue weighted by Gasteiger charge is 2.23. The molecule has 0 unspecified atom stereocenters. The number of hydrogen-bond acceptors (Lipinski definition) is 6. The van der Waals surface area contributed by atoms with Crippen molar-refractivity contribution >= 4 is 17.7 Å². The number of aromatic nitrogens is 4. The predicted octanol–water partition coefficient (Wildman–Crippen LogP) is 0.739. The van der Waals surface area contributed by atoms with E-state index in [-0.39, 0.29) is 17.4 Å². The third-order valence-electron chi connectivity index (χ3n) is 2.81. The second-order valence-electron chi connectivity index (χ2n) is 4.52. The quantitative estimate of drug-likeness (QED) is 0.789. The van der Waals surface area contributed by atoms with Crippen LogP contribution in [0.1, 0.15) is 12.8 Å². The number of nitrogens with one attached hydrogen (secondary N) is 1. The van der Waals surface area contributed by atoms with Gasteiger partial charge >= 0.3 is 0 Å². The van der Waals surface area contributed by atoms with Crippen molar-refractivity contribution in [3.8, 4) is 11.4 Å². The average Bonchev–Trinajstić information content (AvgIpc) is 3.13. The van der Waals surface area contributed by atoms with Gasteiger partial charge in [0, 0.05) is 6.04 Å². The number of nitrogens with zero attached hydrogens (tertiary/aromatic N) is 4. The van der Waals surface area contributed by atoms with E-state index in [9.17, 15) is 9.90 Å². The van der Waals surface area contributed by atoms with Gasteiger partial charge in [0.25, 0.3) is 0 Å². The van der Waals surface area contributed by atoms with Crippen LogP contribution in [0, 0.1) is 0 Å². The monoisotopic (exact) mass is 291 g/mol. The summed E-state index contributed by atoms with van der Waals surface area (Å²) in [6.07, 6.45) is 2.14. The molecule has 7 nitrogen and oxygen atoms in total. The van der Waals surface area contributed by atoms with Crippen LogP contribution in [-0.2, 0) is 4.79 Å². The predicted molar refractivity (Wildman–Crippen MR) is 72.7 cm³/mol. The van der Waals surface area contributed by atoms with Crippen molar-refractivity contribution in [3.05, 3.63) is 24.3 Å². The molecule has 2 aromatic rings. The summed E-state index contributed by atoms with van der Waals surface area (Å²) < 4.78 is 1.54. The third kappa shape index (κ3) is 3.08. The van der Waals surface area contributed by atoms with Gasteiger partial charge in [0.2, 0.25) is 11.1 Å². The molecule has 0 radical (unpaired) electrons. The Morgan fingerprint density at radius 1 is 1.40 bits per heavy atom. The van der Waals surface area contributed by atoms with E-state index in [0.29, 0.717) is 11.2 Å². The van der Waals surface area contributed by atoms with Crippen LogP contribution in [0.25, 0.3) is 5.69 Å². The molecule has 0 spiro atoms. The van der Waals surface area contributed by atoms with Gasteiger partial charge in [-0.15, -0.1) is 5.10 Å². The number of hydrogen-bond donors (Lipinski definition) is 2. The lowest BCUT2D eigenvalue weighted by Crippen LogP contribution is -2.27. The Bertz CT molecular complexity index is 609. The number of thioether (sulfide) groups is 1. The summed E-state index contributed by atoms with van der Waals surface area (Å²) in [4.78, 5) is 11.6. The second kappa shape index (κ2) is 5.49. The molecule has 1 aromatic carbocycles. The van der Waals surface area contributed by atoms with Gasteiger partial charge in [-0.05, 0) is 47.5 Å². The van der Waals surface area contributed by atoms with Crippen LogP contribution in [0.4, 0.5) is 0 Å². The smallest absolute Gasteiger partial charge is 0.230 e. The van der Waals surface area contributed by atoms with Crippen LogP contribution < -0.4 is 5.32 Å². The first-order chi connectivity index (χ1) is 9.72. The molecule has 20 heavy (non-hydrogen) atoms. The minimum absolute atomic E-state index is 0.00208. The largest absolute Gasteiger partial charge is 0.508 e. The first-order valence-electron chi connectivity index (χ1n) is 6.22. The fraction of sp³-hybridized carbons (Fsp3) is 0.333. The highest BCUT2D eigenvalue weighted by molar-refractivity contribution is 7.99. The molecule has 1 aromatic heterocycles. The van der Waals surface area contributed by atoms with Crippen LogP contribution in [0.3, 0.4) is 0 Å². The lowest BCUT2D eigenvalue weighted by molar-refractivity contribution is -0.118. The van der Waals surface area contributed by atoms with Gasteiger partial charge in [0.05, 0.1) is 11.4 Å². The maximum Gasteiger partial charge on any atom is 0.230 e. The highest BCUT2D eigenvalue weighted by atomic mass is 32.2. The lowest BCUT2D eigenvalue weighted by Gasteiger charge is -2.04. The summed E-state index contributed by atoms with van der Waals surface area (Å²) in [6, 6.07) is 6.90. The molecular weight excluding hydrogens is 278 g/mol. The van der Waals surface area contributed by atoms with Crippen molar-refractivity contribution in [1.82, 2.24) is 25.5 Å². The molecule has 1 fully saturated rings. The molecule has 0 bridgehead atoms. The number of phenols is 1. The molecule has 1 heterocycles. The Balaban J connectivity index is 1.66. The third-order valence-corrected chi connectivity index (χ3v) is 3.73. The van der Waals surface area contributed by atoms with Crippen molar-refractivity contribution in [2.75, 3.05) is 5.75 Å². The minimum Gasteiger partial charge on any atom is -0.508 e. The van der Waals surface area contributed by atoms with Gasteiger partial charge in [0.1, 0.15) is 5.75 Å². The standard InChI is InChI=1S/C12H13N5O2S/c18-10-5-3-9(4-6-10)17-12(14-15-16-17)20-7-11(19)13-8-1-2-8/h3-6,8,18H,1-2,7H2,(H,13,19). The number of carbonyl (C=O) groups excluding carboxylic acids is 1. The fourth-order valence-corrected chi connectivity index (χ4v) is 2.35. The van der Waals surface area contributed by atoms with Gasteiger partial charge in [-0.1, -0.05) is 11.8 Å². The zero-order chi connectivity index (χ0) is 13.9. The summed E-state index contributed by atoms with van der Waals surface area (Å²) in [6.45, 7) is 0. The lowest BCUT2D eigenvalue weighted by atomic mass is 10.3. The molecule has 2 N–H and O–H groups in total. The molecule has 8 heteroatoms. The van der Waals surface area contributed by atoms with Crippen molar-refractivity contribution in [1.29, 1.82) is 0 Å². The van der Waals surface area contributed by atoms with Crippen LogP contribution in [-0.4, -0.2) is 43.0 Å². The zero-order valence-corrected chi connectivity index (χ0v) is 11.4. The number of amides is 1. The molecule has 0 saturated heterocycles. The first-order valence-corrected chi connectivity index (χ1v) is 7.21. The number of tetrazole rings is 1. The van der Waals surface area contributed by atoms with E-state index in [1.165, 1.54) is 16.4 Å². The van der Waals surface area contributed by atoms with Crippen molar-refractivity contribution in [2.45, 2.75) is 24.0 Å². The van der Waals surface area contributed by atoms with Crippen LogP contribution in [0.5, 0.6) is 5.75 Å². The van der Waals surface area contributed by atoms with Gasteiger partial charge in [0.15, 0.2) is 0 Å². The highest BCUT2D eigenvalue weighted by Crippen LogP contribution is 2.21. The van der Waals surface area contributed by atoms with E-state index < -0.39 is 0 Å². The normalized spacial score (nSPS) is 14.2. The number of phenolic OH excluding ortho intramolecular Hbond substituents is 1. The van der Waals surface area contributed by atoms with Gasteiger partial charge in [-0.3, -0.25) is 4.79 Å². The molecule has 0 aliphatic heterocycles. The Kier molecular flexibility index (Phi) is 3.55. The van der Waals surface area contributed by atoms with Crippen molar-refractivity contribution < 1.29 is 9.90 Å². The zero-order valence-electron chi connectivity index (χ0n) is 10.6. The Hall–Kier alpha value is -2.09. The number of benzene rings is 1. The molecule has 3 rings (SSSR count). The number of aromatic hydroxyl groups is 1. The van der Waals surface area contributed by atoms with Gasteiger partial charge < -0.3 is 10.4 Å². The summed E-state index contributed by atoms with van der Waals surface area (Å²) in [5.74, 6) is 0.465. The van der Waals surface area contributed by atoms with E-state index in [0.717, 1.165) is 18.5 Å². The molecule has 104 valence electrons. The maximum absolute atomic E-state index is 11.6.